The van der Waals surface area contributed by atoms with Gasteiger partial charge >= 0.3 is 0 Å². The molecule has 0 aliphatic rings. The Labute approximate surface area is 113 Å². The molecule has 5 nitrogen and oxygen atoms in total. The van der Waals surface area contributed by atoms with E-state index < -0.39 is 0 Å². The van der Waals surface area contributed by atoms with E-state index in [1.807, 2.05) is 13.0 Å². The van der Waals surface area contributed by atoms with E-state index in [2.05, 4.69) is 20.8 Å². The van der Waals surface area contributed by atoms with Crippen LogP contribution >= 0.6 is 22.9 Å². The van der Waals surface area contributed by atoms with E-state index in [4.69, 9.17) is 11.6 Å². The first-order valence-electron chi connectivity index (χ1n) is 5.19. The van der Waals surface area contributed by atoms with Crippen LogP contribution in [-0.4, -0.2) is 23.2 Å². The van der Waals surface area contributed by atoms with Gasteiger partial charge in [-0.3, -0.25) is 4.79 Å². The molecule has 7 heteroatoms. The third kappa shape index (κ3) is 2.77. The summed E-state index contributed by atoms with van der Waals surface area (Å²) in [4.78, 5) is 11.9. The van der Waals surface area contributed by atoms with Gasteiger partial charge in [-0.25, -0.2) is 0 Å². The summed E-state index contributed by atoms with van der Waals surface area (Å²) in [6, 6.07) is 5.42. The number of hydrogen-bond donors (Lipinski definition) is 2. The average molecular weight is 283 g/mol. The fourth-order valence-corrected chi connectivity index (χ4v) is 2.19. The molecule has 2 rings (SSSR count). The molecule has 0 atom stereocenters. The predicted molar refractivity (Wildman–Crippen MR) is 73.6 cm³/mol. The van der Waals surface area contributed by atoms with Crippen LogP contribution in [0.4, 0.5) is 10.8 Å². The van der Waals surface area contributed by atoms with Crippen LogP contribution in [0, 0.1) is 6.92 Å². The lowest BCUT2D eigenvalue weighted by Crippen LogP contribution is -2.11. The molecule has 2 N–H and O–H groups in total. The summed E-state index contributed by atoms with van der Waals surface area (Å²) in [5.41, 5.74) is 1.60. The Hall–Kier alpha value is -1.66. The third-order valence-corrected chi connectivity index (χ3v) is 3.46. The number of nitrogens with one attached hydrogen (secondary N) is 2. The molecule has 1 amide bonds. The van der Waals surface area contributed by atoms with Crippen molar-refractivity contribution in [2.75, 3.05) is 17.7 Å². The van der Waals surface area contributed by atoms with Crippen molar-refractivity contribution in [3.8, 4) is 0 Å². The lowest BCUT2D eigenvalue weighted by Gasteiger charge is -2.05. The minimum Gasteiger partial charge on any atom is -0.363 e. The van der Waals surface area contributed by atoms with Crippen molar-refractivity contribution in [1.29, 1.82) is 0 Å². The Morgan fingerprint density at radius 3 is 2.78 bits per heavy atom. The van der Waals surface area contributed by atoms with Gasteiger partial charge in [-0.15, -0.1) is 10.2 Å². The molecule has 0 fully saturated rings. The van der Waals surface area contributed by atoms with Crippen LogP contribution in [0.25, 0.3) is 0 Å². The molecule has 0 aliphatic heterocycles. The quantitative estimate of drug-likeness (QED) is 0.908. The Balaban J connectivity index is 2.16. The zero-order valence-corrected chi connectivity index (χ0v) is 11.4. The van der Waals surface area contributed by atoms with Gasteiger partial charge in [0.1, 0.15) is 0 Å². The van der Waals surface area contributed by atoms with E-state index in [1.165, 1.54) is 11.3 Å². The van der Waals surface area contributed by atoms with Crippen molar-refractivity contribution < 1.29 is 4.79 Å². The molecule has 0 saturated heterocycles. The topological polar surface area (TPSA) is 66.9 Å². The maximum Gasteiger partial charge on any atom is 0.286 e. The third-order valence-electron chi connectivity index (χ3n) is 2.21. The zero-order chi connectivity index (χ0) is 13.1. The number of benzene rings is 1. The zero-order valence-electron chi connectivity index (χ0n) is 9.82. The molecule has 18 heavy (non-hydrogen) atoms. The van der Waals surface area contributed by atoms with Gasteiger partial charge in [0.25, 0.3) is 5.91 Å². The first-order valence-corrected chi connectivity index (χ1v) is 6.38. The number of nitrogens with zero attached hydrogens (tertiary/aromatic N) is 2. The van der Waals surface area contributed by atoms with Crippen LogP contribution in [-0.2, 0) is 0 Å². The Kier molecular flexibility index (Phi) is 3.78. The van der Waals surface area contributed by atoms with Gasteiger partial charge in [0, 0.05) is 7.05 Å². The molecule has 1 aromatic heterocycles. The van der Waals surface area contributed by atoms with Gasteiger partial charge in [-0.05, 0) is 24.6 Å². The SMILES string of the molecule is CNc1nnc(C(=O)Nc2ccc(C)cc2Cl)s1. The first kappa shape index (κ1) is 12.8. The number of amides is 1. The molecule has 0 saturated carbocycles. The van der Waals surface area contributed by atoms with Crippen LogP contribution in [0.3, 0.4) is 0 Å². The number of aryl methyl sites for hydroxylation is 1. The van der Waals surface area contributed by atoms with Gasteiger partial charge in [-0.2, -0.15) is 0 Å². The van der Waals surface area contributed by atoms with Crippen molar-refractivity contribution in [2.24, 2.45) is 0 Å². The minimum absolute atomic E-state index is 0.288. The number of hydrogen-bond acceptors (Lipinski definition) is 5. The summed E-state index contributed by atoms with van der Waals surface area (Å²) in [7, 11) is 1.72. The first-order chi connectivity index (χ1) is 8.60. The van der Waals surface area contributed by atoms with Crippen molar-refractivity contribution in [3.05, 3.63) is 33.8 Å². The Morgan fingerprint density at radius 1 is 1.39 bits per heavy atom. The molecule has 1 aromatic carbocycles. The second kappa shape index (κ2) is 5.32. The number of anilines is 2. The fraction of sp³-hybridized carbons (Fsp3) is 0.182. The largest absolute Gasteiger partial charge is 0.363 e. The highest BCUT2D eigenvalue weighted by Crippen LogP contribution is 2.24. The van der Waals surface area contributed by atoms with Crippen molar-refractivity contribution in [2.45, 2.75) is 6.92 Å². The number of aromatic nitrogens is 2. The standard InChI is InChI=1S/C11H11ClN4OS/c1-6-3-4-8(7(12)5-6)14-9(17)10-15-16-11(13-2)18-10/h3-5H,1-2H3,(H,13,16)(H,14,17). The summed E-state index contributed by atoms with van der Waals surface area (Å²) in [5.74, 6) is -0.320. The number of halogens is 1. The predicted octanol–water partition coefficient (Wildman–Crippen LogP) is 2.79. The van der Waals surface area contributed by atoms with Crippen LogP contribution in [0.15, 0.2) is 18.2 Å². The van der Waals surface area contributed by atoms with Gasteiger partial charge < -0.3 is 10.6 Å². The molecular formula is C11H11ClN4OS. The maximum atomic E-state index is 11.9. The normalized spacial score (nSPS) is 10.2. The molecule has 1 heterocycles. The van der Waals surface area contributed by atoms with E-state index in [0.29, 0.717) is 15.8 Å². The number of carbonyl (C=O) groups is 1. The van der Waals surface area contributed by atoms with Gasteiger partial charge in [0.05, 0.1) is 10.7 Å². The monoisotopic (exact) mass is 282 g/mol. The van der Waals surface area contributed by atoms with E-state index in [0.717, 1.165) is 5.56 Å². The molecule has 0 radical (unpaired) electrons. The van der Waals surface area contributed by atoms with Crippen LogP contribution in [0.2, 0.25) is 5.02 Å². The number of carbonyl (C=O) groups excluding carboxylic acids is 1. The Morgan fingerprint density at radius 2 is 2.17 bits per heavy atom. The van der Waals surface area contributed by atoms with Crippen molar-refractivity contribution >= 4 is 39.7 Å². The van der Waals surface area contributed by atoms with Crippen molar-refractivity contribution in [1.82, 2.24) is 10.2 Å². The Bertz CT molecular complexity index is 584. The molecule has 0 unspecified atom stereocenters. The number of rotatable bonds is 3. The van der Waals surface area contributed by atoms with E-state index in [9.17, 15) is 4.79 Å². The molecule has 0 spiro atoms. The molecule has 94 valence electrons. The van der Waals surface area contributed by atoms with E-state index in [-0.39, 0.29) is 10.9 Å². The van der Waals surface area contributed by atoms with E-state index >= 15 is 0 Å². The molecule has 0 aliphatic carbocycles. The molecular weight excluding hydrogens is 272 g/mol. The highest BCUT2D eigenvalue weighted by molar-refractivity contribution is 7.17. The lowest BCUT2D eigenvalue weighted by atomic mass is 10.2. The summed E-state index contributed by atoms with van der Waals surface area (Å²) in [6.45, 7) is 1.93. The van der Waals surface area contributed by atoms with E-state index in [1.54, 1.807) is 19.2 Å². The summed E-state index contributed by atoms with van der Waals surface area (Å²) >= 11 is 7.21. The second-order valence-corrected chi connectivity index (χ2v) is 4.98. The van der Waals surface area contributed by atoms with Crippen molar-refractivity contribution in [3.63, 3.8) is 0 Å². The smallest absolute Gasteiger partial charge is 0.286 e. The maximum absolute atomic E-state index is 11.9. The van der Waals surface area contributed by atoms with Crippen LogP contribution in [0.5, 0.6) is 0 Å². The van der Waals surface area contributed by atoms with Gasteiger partial charge in [0.2, 0.25) is 10.1 Å². The van der Waals surface area contributed by atoms with Crippen LogP contribution < -0.4 is 10.6 Å². The second-order valence-electron chi connectivity index (χ2n) is 3.60. The average Bonchev–Trinajstić information content (AvgIpc) is 2.81. The highest BCUT2D eigenvalue weighted by atomic mass is 35.5. The highest BCUT2D eigenvalue weighted by Gasteiger charge is 2.13. The summed E-state index contributed by atoms with van der Waals surface area (Å²) < 4.78 is 0. The van der Waals surface area contributed by atoms with Gasteiger partial charge in [0.15, 0.2) is 0 Å². The summed E-state index contributed by atoms with van der Waals surface area (Å²) in [6.07, 6.45) is 0. The van der Waals surface area contributed by atoms with Crippen LogP contribution in [0.1, 0.15) is 15.4 Å². The lowest BCUT2D eigenvalue weighted by molar-refractivity contribution is 0.102. The fourth-order valence-electron chi connectivity index (χ4n) is 1.31. The minimum atomic E-state index is -0.320. The summed E-state index contributed by atoms with van der Waals surface area (Å²) in [5, 5.41) is 14.5. The molecule has 0 bridgehead atoms. The van der Waals surface area contributed by atoms with Gasteiger partial charge in [-0.1, -0.05) is 29.0 Å². The molecule has 2 aromatic rings.